The second kappa shape index (κ2) is 8.44. The molecule has 0 aliphatic carbocycles. The van der Waals surface area contributed by atoms with Gasteiger partial charge in [-0.3, -0.25) is 0 Å². The summed E-state index contributed by atoms with van der Waals surface area (Å²) in [4.78, 5) is 14.9. The van der Waals surface area contributed by atoms with Crippen LogP contribution in [0.1, 0.15) is 31.6 Å². The van der Waals surface area contributed by atoms with E-state index in [1.807, 2.05) is 12.1 Å². The summed E-state index contributed by atoms with van der Waals surface area (Å²) in [5.41, 5.74) is 0.428. The third-order valence-corrected chi connectivity index (χ3v) is 5.56. The first-order chi connectivity index (χ1) is 10.6. The van der Waals surface area contributed by atoms with E-state index in [1.165, 1.54) is 11.3 Å². The molecule has 0 unspecified atom stereocenters. The third kappa shape index (κ3) is 4.92. The molecular weight excluding hydrogens is 314 g/mol. The van der Waals surface area contributed by atoms with Gasteiger partial charge in [-0.2, -0.15) is 0 Å². The zero-order valence-corrected chi connectivity index (χ0v) is 14.8. The summed E-state index contributed by atoms with van der Waals surface area (Å²) in [5, 5.41) is 12.4. The van der Waals surface area contributed by atoms with Gasteiger partial charge in [-0.1, -0.05) is 32.4 Å². The fourth-order valence-corrected chi connectivity index (χ4v) is 4.20. The summed E-state index contributed by atoms with van der Waals surface area (Å²) in [6, 6.07) is 4.14. The van der Waals surface area contributed by atoms with E-state index in [1.54, 1.807) is 29.2 Å². The van der Waals surface area contributed by atoms with Crippen LogP contribution in [0.25, 0.3) is 0 Å². The maximum atomic E-state index is 11.5. The fraction of sp³-hybridized carbons (Fsp3) is 0.471. The van der Waals surface area contributed by atoms with Crippen LogP contribution in [0.3, 0.4) is 0 Å². The van der Waals surface area contributed by atoms with Gasteiger partial charge in [0.15, 0.2) is 0 Å². The largest absolute Gasteiger partial charge is 0.478 e. The van der Waals surface area contributed by atoms with E-state index < -0.39 is 5.97 Å². The van der Waals surface area contributed by atoms with E-state index in [0.717, 1.165) is 30.3 Å². The molecule has 0 radical (unpaired) electrons. The number of aliphatic carboxylic acids is 1. The van der Waals surface area contributed by atoms with Crippen LogP contribution < -0.4 is 0 Å². The number of rotatable bonds is 8. The number of carboxylic acids is 1. The highest BCUT2D eigenvalue weighted by molar-refractivity contribution is 8.03. The number of thiophene rings is 1. The van der Waals surface area contributed by atoms with Gasteiger partial charge in [0.1, 0.15) is 0 Å². The molecule has 0 saturated carbocycles. The monoisotopic (exact) mass is 337 g/mol. The van der Waals surface area contributed by atoms with Gasteiger partial charge in [0.2, 0.25) is 0 Å². The highest BCUT2D eigenvalue weighted by atomic mass is 32.2. The van der Waals surface area contributed by atoms with Crippen molar-refractivity contribution in [3.8, 4) is 0 Å². The predicted molar refractivity (Wildman–Crippen MR) is 95.1 cm³/mol. The van der Waals surface area contributed by atoms with Gasteiger partial charge in [0.05, 0.1) is 17.1 Å². The summed E-state index contributed by atoms with van der Waals surface area (Å²) in [6.07, 6.45) is 5.99. The summed E-state index contributed by atoms with van der Waals surface area (Å²) < 4.78 is 0. The maximum Gasteiger partial charge on any atom is 0.338 e. The number of carbonyl (C=O) groups is 1. The Morgan fingerprint density at radius 1 is 1.50 bits per heavy atom. The Morgan fingerprint density at radius 2 is 2.32 bits per heavy atom. The quantitative estimate of drug-likeness (QED) is 0.705. The van der Waals surface area contributed by atoms with Crippen LogP contribution in [-0.2, 0) is 11.3 Å². The van der Waals surface area contributed by atoms with Crippen LogP contribution in [-0.4, -0.2) is 28.3 Å². The first-order valence-corrected chi connectivity index (χ1v) is 9.48. The van der Waals surface area contributed by atoms with Crippen molar-refractivity contribution in [2.45, 2.75) is 33.2 Å². The molecule has 0 bridgehead atoms. The minimum absolute atomic E-state index is 0.428. The standard InChI is InChI=1S/C17H23NO2S2/c1-13(2)6-4-11-22-16-15(17(19)20)8-3-9-18(16)12-14-7-5-10-21-14/h3,5,7-8,10,13H,4,6,9,11-12H2,1-2H3,(H,19,20). The van der Waals surface area contributed by atoms with Crippen molar-refractivity contribution in [1.29, 1.82) is 0 Å². The van der Waals surface area contributed by atoms with Gasteiger partial charge >= 0.3 is 5.97 Å². The maximum absolute atomic E-state index is 11.5. The van der Waals surface area contributed by atoms with Crippen LogP contribution >= 0.6 is 23.1 Å². The zero-order chi connectivity index (χ0) is 15.9. The van der Waals surface area contributed by atoms with Gasteiger partial charge in [-0.15, -0.1) is 23.1 Å². The van der Waals surface area contributed by atoms with Crippen molar-refractivity contribution >= 4 is 29.1 Å². The normalized spacial score (nSPS) is 15.0. The lowest BCUT2D eigenvalue weighted by Gasteiger charge is -2.29. The number of hydrogen-bond acceptors (Lipinski definition) is 4. The van der Waals surface area contributed by atoms with Gasteiger partial charge < -0.3 is 10.0 Å². The van der Waals surface area contributed by atoms with Crippen LogP contribution in [0.5, 0.6) is 0 Å². The van der Waals surface area contributed by atoms with E-state index in [2.05, 4.69) is 30.2 Å². The Labute approximate surface area is 140 Å². The molecule has 3 nitrogen and oxygen atoms in total. The predicted octanol–water partition coefficient (Wildman–Crippen LogP) is 4.59. The topological polar surface area (TPSA) is 40.5 Å². The smallest absolute Gasteiger partial charge is 0.338 e. The molecular formula is C17H23NO2S2. The minimum atomic E-state index is -0.835. The molecule has 1 aliphatic rings. The molecule has 22 heavy (non-hydrogen) atoms. The molecule has 0 spiro atoms. The number of hydrogen-bond donors (Lipinski definition) is 1. The summed E-state index contributed by atoms with van der Waals surface area (Å²) >= 11 is 3.40. The molecule has 0 saturated heterocycles. The molecule has 0 amide bonds. The van der Waals surface area contributed by atoms with E-state index in [0.29, 0.717) is 11.5 Å². The minimum Gasteiger partial charge on any atom is -0.478 e. The Morgan fingerprint density at radius 3 is 2.95 bits per heavy atom. The molecule has 5 heteroatoms. The first-order valence-electron chi connectivity index (χ1n) is 7.62. The van der Waals surface area contributed by atoms with Crippen molar-refractivity contribution in [2.24, 2.45) is 5.92 Å². The van der Waals surface area contributed by atoms with Crippen LogP contribution in [0.4, 0.5) is 0 Å². The van der Waals surface area contributed by atoms with Crippen molar-refractivity contribution in [2.75, 3.05) is 12.3 Å². The molecule has 1 N–H and O–H groups in total. The molecule has 0 atom stereocenters. The molecule has 0 aromatic carbocycles. The number of nitrogens with zero attached hydrogens (tertiary/aromatic N) is 1. The van der Waals surface area contributed by atoms with E-state index >= 15 is 0 Å². The first kappa shape index (κ1) is 17.2. The lowest BCUT2D eigenvalue weighted by atomic mass is 10.1. The molecule has 0 fully saturated rings. The number of carboxylic acid groups (broad SMARTS) is 1. The van der Waals surface area contributed by atoms with Crippen molar-refractivity contribution < 1.29 is 9.90 Å². The van der Waals surface area contributed by atoms with Crippen molar-refractivity contribution in [3.63, 3.8) is 0 Å². The van der Waals surface area contributed by atoms with Crippen molar-refractivity contribution in [3.05, 3.63) is 45.1 Å². The van der Waals surface area contributed by atoms with Gasteiger partial charge in [-0.25, -0.2) is 4.79 Å². The molecule has 1 aliphatic heterocycles. The van der Waals surface area contributed by atoms with Gasteiger partial charge in [0, 0.05) is 11.4 Å². The highest BCUT2D eigenvalue weighted by Crippen LogP contribution is 2.31. The Hall–Kier alpha value is -1.20. The Balaban J connectivity index is 2.07. The van der Waals surface area contributed by atoms with Crippen LogP contribution in [0.2, 0.25) is 0 Å². The third-order valence-electron chi connectivity index (χ3n) is 3.45. The SMILES string of the molecule is CC(C)CCCSC1=C(C(=O)O)C=CCN1Cc1cccs1. The average Bonchev–Trinajstić information content (AvgIpc) is 2.97. The van der Waals surface area contributed by atoms with Gasteiger partial charge in [0.25, 0.3) is 0 Å². The molecule has 2 rings (SSSR count). The molecule has 2 heterocycles. The van der Waals surface area contributed by atoms with E-state index in [4.69, 9.17) is 0 Å². The van der Waals surface area contributed by atoms with Gasteiger partial charge in [-0.05, 0) is 35.6 Å². The number of thioether (sulfide) groups is 1. The fourth-order valence-electron chi connectivity index (χ4n) is 2.34. The lowest BCUT2D eigenvalue weighted by molar-refractivity contribution is -0.132. The second-order valence-electron chi connectivity index (χ2n) is 5.77. The molecule has 1 aromatic heterocycles. The average molecular weight is 338 g/mol. The summed E-state index contributed by atoms with van der Waals surface area (Å²) in [5.74, 6) is 0.833. The molecule has 1 aromatic rings. The van der Waals surface area contributed by atoms with Crippen molar-refractivity contribution in [1.82, 2.24) is 4.90 Å². The Bertz CT molecular complexity index is 547. The zero-order valence-electron chi connectivity index (χ0n) is 13.1. The van der Waals surface area contributed by atoms with E-state index in [9.17, 15) is 9.90 Å². The summed E-state index contributed by atoms with van der Waals surface area (Å²) in [7, 11) is 0. The molecule has 120 valence electrons. The Kier molecular flexibility index (Phi) is 6.58. The lowest BCUT2D eigenvalue weighted by Crippen LogP contribution is -2.26. The summed E-state index contributed by atoms with van der Waals surface area (Å²) in [6.45, 7) is 6.00. The second-order valence-corrected chi connectivity index (χ2v) is 7.89. The van der Waals surface area contributed by atoms with Crippen LogP contribution in [0, 0.1) is 5.92 Å². The van der Waals surface area contributed by atoms with E-state index in [-0.39, 0.29) is 0 Å². The highest BCUT2D eigenvalue weighted by Gasteiger charge is 2.21. The van der Waals surface area contributed by atoms with Crippen LogP contribution in [0.15, 0.2) is 40.3 Å².